The van der Waals surface area contributed by atoms with Gasteiger partial charge in [0.2, 0.25) is 11.8 Å². The first kappa shape index (κ1) is 31.3. The van der Waals surface area contributed by atoms with Crippen molar-refractivity contribution in [2.75, 3.05) is 0 Å². The van der Waals surface area contributed by atoms with Gasteiger partial charge in [-0.3, -0.25) is 9.59 Å². The number of piperidine rings is 2. The van der Waals surface area contributed by atoms with Gasteiger partial charge >= 0.3 is 11.9 Å². The van der Waals surface area contributed by atoms with Crippen molar-refractivity contribution in [1.29, 1.82) is 0 Å². The number of carboxylic acid groups (broad SMARTS) is 2. The molecule has 0 bridgehead atoms. The van der Waals surface area contributed by atoms with Gasteiger partial charge in [0.15, 0.2) is 0 Å². The molecule has 2 aliphatic heterocycles. The van der Waals surface area contributed by atoms with Crippen molar-refractivity contribution in [3.8, 4) is 0 Å². The van der Waals surface area contributed by atoms with Gasteiger partial charge in [-0.15, -0.1) is 0 Å². The van der Waals surface area contributed by atoms with E-state index in [1.807, 2.05) is 55.4 Å². The molecule has 8 heteroatoms. The second-order valence-corrected chi connectivity index (χ2v) is 13.7. The van der Waals surface area contributed by atoms with Gasteiger partial charge in [0.25, 0.3) is 0 Å². The van der Waals surface area contributed by atoms with E-state index in [1.165, 1.54) is 0 Å². The molecule has 2 aliphatic rings. The molecular weight excluding hydrogens is 484 g/mol. The van der Waals surface area contributed by atoms with Crippen LogP contribution in [0, 0.1) is 11.8 Å². The summed E-state index contributed by atoms with van der Waals surface area (Å²) in [4.78, 5) is 55.3. The fraction of sp³-hybridized carbons (Fsp3) is 0.667. The molecule has 0 spiro atoms. The number of amides is 2. The number of nitrogens with zero attached hydrogens (tertiary/aromatic N) is 2. The van der Waals surface area contributed by atoms with Crippen molar-refractivity contribution in [2.24, 2.45) is 11.8 Å². The molecule has 0 aromatic rings. The van der Waals surface area contributed by atoms with Gasteiger partial charge in [-0.2, -0.15) is 0 Å². The smallest absolute Gasteiger partial charge is 0.332 e. The van der Waals surface area contributed by atoms with Crippen molar-refractivity contribution >= 4 is 23.8 Å². The standard InChI is InChI=1S/C30H46N2O6/c1-17(2)23(33)31-27(5,6)13-19(14-28(31,7)8)21(25(35)36)22(26(37)38)20-15-29(9,10)32(24(34)18(3)4)30(11,12)16-20/h19-20H,1,3,13-16H2,2,4-12H3,(H,35,36)(H,37,38)/b22-21-. The SMILES string of the molecule is C=C(C)C(=O)N1C(C)(C)CC(/C(C(=O)O)=C(/C(=O)O)C2CC(C)(C)N(C(=O)C(=C)C)C(C)(C)C2)CC1(C)C. The van der Waals surface area contributed by atoms with Crippen LogP contribution in [0.25, 0.3) is 0 Å². The van der Waals surface area contributed by atoms with Crippen LogP contribution in [-0.2, 0) is 19.2 Å². The maximum absolute atomic E-state index is 13.1. The number of carbonyl (C=O) groups is 4. The van der Waals surface area contributed by atoms with E-state index in [1.54, 1.807) is 23.6 Å². The number of aliphatic carboxylic acids is 2. The van der Waals surface area contributed by atoms with Gasteiger partial charge in [0.05, 0.1) is 11.1 Å². The summed E-state index contributed by atoms with van der Waals surface area (Å²) in [6, 6.07) is 0. The zero-order valence-electron chi connectivity index (χ0n) is 24.8. The molecule has 0 radical (unpaired) electrons. The molecule has 0 aliphatic carbocycles. The summed E-state index contributed by atoms with van der Waals surface area (Å²) in [5, 5.41) is 20.9. The maximum atomic E-state index is 13.1. The Kier molecular flexibility index (Phi) is 8.25. The minimum Gasteiger partial charge on any atom is -0.478 e. The van der Waals surface area contributed by atoms with Gasteiger partial charge in [-0.25, -0.2) is 9.59 Å². The largest absolute Gasteiger partial charge is 0.478 e. The molecule has 2 saturated heterocycles. The number of hydrogen-bond acceptors (Lipinski definition) is 4. The Labute approximate surface area is 227 Å². The molecule has 38 heavy (non-hydrogen) atoms. The lowest BCUT2D eigenvalue weighted by molar-refractivity contribution is -0.149. The Bertz CT molecular complexity index is 986. The molecule has 212 valence electrons. The molecule has 0 aromatic carbocycles. The van der Waals surface area contributed by atoms with Crippen LogP contribution in [0.15, 0.2) is 35.5 Å². The monoisotopic (exact) mass is 530 g/mol. The van der Waals surface area contributed by atoms with Crippen molar-refractivity contribution in [3.63, 3.8) is 0 Å². The number of carbonyl (C=O) groups excluding carboxylic acids is 2. The molecule has 0 aromatic heterocycles. The Balaban J connectivity index is 2.68. The third-order valence-corrected chi connectivity index (χ3v) is 8.11. The topological polar surface area (TPSA) is 115 Å². The predicted molar refractivity (Wildman–Crippen MR) is 147 cm³/mol. The highest BCUT2D eigenvalue weighted by Gasteiger charge is 2.53. The second-order valence-electron chi connectivity index (χ2n) is 13.7. The summed E-state index contributed by atoms with van der Waals surface area (Å²) in [6.07, 6.45) is 1.20. The fourth-order valence-electron chi connectivity index (χ4n) is 7.47. The Morgan fingerprint density at radius 3 is 0.947 bits per heavy atom. The van der Waals surface area contributed by atoms with Crippen LogP contribution in [0.5, 0.6) is 0 Å². The molecule has 2 N–H and O–H groups in total. The van der Waals surface area contributed by atoms with E-state index >= 15 is 0 Å². The number of hydrogen-bond donors (Lipinski definition) is 2. The molecule has 0 unspecified atom stereocenters. The van der Waals surface area contributed by atoms with Gasteiger partial charge in [-0.1, -0.05) is 13.2 Å². The van der Waals surface area contributed by atoms with Crippen molar-refractivity contribution in [3.05, 3.63) is 35.5 Å². The zero-order chi connectivity index (χ0) is 29.8. The van der Waals surface area contributed by atoms with Crippen molar-refractivity contribution in [2.45, 2.75) is 117 Å². The van der Waals surface area contributed by atoms with E-state index < -0.39 is 45.9 Å². The third kappa shape index (κ3) is 5.74. The summed E-state index contributed by atoms with van der Waals surface area (Å²) >= 11 is 0. The first-order valence-corrected chi connectivity index (χ1v) is 13.2. The van der Waals surface area contributed by atoms with Crippen LogP contribution < -0.4 is 0 Å². The average Bonchev–Trinajstić information content (AvgIpc) is 2.66. The third-order valence-electron chi connectivity index (χ3n) is 8.11. The molecule has 2 heterocycles. The Hall–Kier alpha value is -2.90. The highest BCUT2D eigenvalue weighted by molar-refractivity contribution is 6.00. The second kappa shape index (κ2) is 10.0. The Morgan fingerprint density at radius 2 is 0.789 bits per heavy atom. The molecule has 2 amide bonds. The first-order valence-electron chi connectivity index (χ1n) is 13.2. The summed E-state index contributed by atoms with van der Waals surface area (Å²) in [7, 11) is 0. The number of rotatable bonds is 6. The van der Waals surface area contributed by atoms with Gasteiger partial charge in [0, 0.05) is 33.3 Å². The number of carboxylic acids is 2. The normalized spacial score (nSPS) is 23.3. The van der Waals surface area contributed by atoms with E-state index in [0.29, 0.717) is 36.8 Å². The highest BCUT2D eigenvalue weighted by atomic mass is 16.4. The van der Waals surface area contributed by atoms with Gasteiger partial charge in [-0.05, 0) is 107 Å². The summed E-state index contributed by atoms with van der Waals surface area (Å²) in [5.41, 5.74) is -2.35. The summed E-state index contributed by atoms with van der Waals surface area (Å²) in [5.74, 6) is -4.07. The molecule has 2 fully saturated rings. The molecule has 8 nitrogen and oxygen atoms in total. The van der Waals surface area contributed by atoms with E-state index in [2.05, 4.69) is 13.2 Å². The molecular formula is C30H46N2O6. The number of likely N-dealkylation sites (tertiary alicyclic amines) is 2. The van der Waals surface area contributed by atoms with Gasteiger partial charge < -0.3 is 20.0 Å². The molecule has 0 atom stereocenters. The first-order chi connectivity index (χ1) is 17.0. The maximum Gasteiger partial charge on any atom is 0.332 e. The van der Waals surface area contributed by atoms with Crippen LogP contribution in [0.2, 0.25) is 0 Å². The van der Waals surface area contributed by atoms with Crippen molar-refractivity contribution < 1.29 is 29.4 Å². The van der Waals surface area contributed by atoms with E-state index in [-0.39, 0.29) is 23.0 Å². The minimum absolute atomic E-state index is 0.0997. The summed E-state index contributed by atoms with van der Waals surface area (Å²) in [6.45, 7) is 26.0. The zero-order valence-corrected chi connectivity index (χ0v) is 24.8. The van der Waals surface area contributed by atoms with Crippen LogP contribution in [0.4, 0.5) is 0 Å². The molecule has 0 saturated carbocycles. The van der Waals surface area contributed by atoms with E-state index in [9.17, 15) is 29.4 Å². The van der Waals surface area contributed by atoms with Crippen LogP contribution in [0.1, 0.15) is 94.9 Å². The minimum atomic E-state index is -1.25. The van der Waals surface area contributed by atoms with Gasteiger partial charge in [0.1, 0.15) is 0 Å². The van der Waals surface area contributed by atoms with Crippen molar-refractivity contribution in [1.82, 2.24) is 9.80 Å². The fourth-order valence-corrected chi connectivity index (χ4v) is 7.47. The lowest BCUT2D eigenvalue weighted by Gasteiger charge is -2.57. The van der Waals surface area contributed by atoms with Crippen LogP contribution in [0.3, 0.4) is 0 Å². The average molecular weight is 531 g/mol. The Morgan fingerprint density at radius 1 is 0.579 bits per heavy atom. The highest BCUT2D eigenvalue weighted by Crippen LogP contribution is 2.49. The molecule has 2 rings (SSSR count). The van der Waals surface area contributed by atoms with E-state index in [4.69, 9.17) is 0 Å². The lowest BCUT2D eigenvalue weighted by atomic mass is 9.66. The quantitative estimate of drug-likeness (QED) is 0.456. The predicted octanol–water partition coefficient (Wildman–Crippen LogP) is 5.20. The summed E-state index contributed by atoms with van der Waals surface area (Å²) < 4.78 is 0. The lowest BCUT2D eigenvalue weighted by Crippen LogP contribution is -2.64. The van der Waals surface area contributed by atoms with Crippen LogP contribution >= 0.6 is 0 Å². The van der Waals surface area contributed by atoms with Crippen LogP contribution in [-0.4, -0.2) is 65.9 Å². The van der Waals surface area contributed by atoms with E-state index in [0.717, 1.165) is 0 Å².